The van der Waals surface area contributed by atoms with Gasteiger partial charge in [-0.2, -0.15) is 0 Å². The summed E-state index contributed by atoms with van der Waals surface area (Å²) < 4.78 is 0. The maximum Gasteiger partial charge on any atom is 0.0859 e. The first kappa shape index (κ1) is 19.0. The zero-order chi connectivity index (χ0) is 17.4. The molecule has 2 aromatic carbocycles. The molecule has 130 valence electrons. The lowest BCUT2D eigenvalue weighted by atomic mass is 10.0. The summed E-state index contributed by atoms with van der Waals surface area (Å²) in [6.07, 6.45) is 4.82. The number of hydrogen-bond acceptors (Lipinski definition) is 0. The second-order valence-electron chi connectivity index (χ2n) is 7.13. The normalized spacial score (nSPS) is 11.7. The van der Waals surface area contributed by atoms with E-state index in [9.17, 15) is 0 Å². The zero-order valence-electron chi connectivity index (χ0n) is 16.1. The fraction of sp³-hybridized carbons (Fsp3) is 0.478. The van der Waals surface area contributed by atoms with E-state index >= 15 is 0 Å². The zero-order valence-corrected chi connectivity index (χ0v) is 17.1. The van der Waals surface area contributed by atoms with E-state index < -0.39 is 8.07 Å². The Morgan fingerprint density at radius 2 is 1.08 bits per heavy atom. The summed E-state index contributed by atoms with van der Waals surface area (Å²) in [5.74, 6) is 0. The molecule has 0 spiro atoms. The monoisotopic (exact) mass is 338 g/mol. The molecule has 2 rings (SSSR count). The van der Waals surface area contributed by atoms with Crippen LogP contribution in [0.25, 0.3) is 0 Å². The fourth-order valence-corrected chi connectivity index (χ4v) is 7.38. The van der Waals surface area contributed by atoms with Crippen molar-refractivity contribution in [2.75, 3.05) is 0 Å². The van der Waals surface area contributed by atoms with Gasteiger partial charge >= 0.3 is 0 Å². The molecule has 0 aliphatic heterocycles. The van der Waals surface area contributed by atoms with Crippen LogP contribution in [0.15, 0.2) is 48.5 Å². The van der Waals surface area contributed by atoms with Crippen molar-refractivity contribution in [3.63, 3.8) is 0 Å². The molecular formula is C23H34Si. The van der Waals surface area contributed by atoms with E-state index in [1.165, 1.54) is 54.1 Å². The van der Waals surface area contributed by atoms with Gasteiger partial charge in [0.2, 0.25) is 0 Å². The van der Waals surface area contributed by atoms with Crippen molar-refractivity contribution in [1.29, 1.82) is 0 Å². The van der Waals surface area contributed by atoms with E-state index in [-0.39, 0.29) is 0 Å². The van der Waals surface area contributed by atoms with Gasteiger partial charge in [0.05, 0.1) is 8.07 Å². The second-order valence-corrected chi connectivity index (χ2v) is 12.4. The van der Waals surface area contributed by atoms with Crippen LogP contribution in [0.3, 0.4) is 0 Å². The Kier molecular flexibility index (Phi) is 7.30. The highest BCUT2D eigenvalue weighted by molar-refractivity contribution is 6.91. The second kappa shape index (κ2) is 9.22. The number of aryl methyl sites for hydroxylation is 1. The summed E-state index contributed by atoms with van der Waals surface area (Å²) in [5, 5.41) is 1.65. The van der Waals surface area contributed by atoms with Gasteiger partial charge in [-0.3, -0.25) is 0 Å². The maximum atomic E-state index is 2.42. The predicted octanol–water partition coefficient (Wildman–Crippen LogP) is 6.34. The van der Waals surface area contributed by atoms with Crippen LogP contribution in [0.1, 0.15) is 57.2 Å². The molecular weight excluding hydrogens is 304 g/mol. The molecule has 0 aliphatic carbocycles. The van der Waals surface area contributed by atoms with Crippen molar-refractivity contribution in [2.45, 2.75) is 71.5 Å². The summed E-state index contributed by atoms with van der Waals surface area (Å²) >= 11 is 0. The molecule has 0 saturated carbocycles. The molecule has 0 aliphatic rings. The van der Waals surface area contributed by atoms with E-state index in [0.717, 1.165) is 6.42 Å². The molecule has 0 amide bonds. The average Bonchev–Trinajstić information content (AvgIpc) is 2.64. The van der Waals surface area contributed by atoms with Crippen molar-refractivity contribution in [3.8, 4) is 0 Å². The van der Waals surface area contributed by atoms with Crippen LogP contribution in [0.5, 0.6) is 0 Å². The van der Waals surface area contributed by atoms with Crippen LogP contribution in [0, 0.1) is 0 Å². The number of rotatable bonds is 9. The van der Waals surface area contributed by atoms with Crippen molar-refractivity contribution in [3.05, 3.63) is 65.2 Å². The van der Waals surface area contributed by atoms with Crippen molar-refractivity contribution < 1.29 is 0 Å². The Hall–Kier alpha value is -1.34. The molecule has 0 radical (unpaired) electrons. The SMILES string of the molecule is CCCCc1ccc(Cc2ccc([Si](CC)(CC)CC)cc2)cc1. The van der Waals surface area contributed by atoms with Gasteiger partial charge in [0.15, 0.2) is 0 Å². The third kappa shape index (κ3) is 4.60. The number of benzene rings is 2. The highest BCUT2D eigenvalue weighted by Gasteiger charge is 2.28. The minimum Gasteiger partial charge on any atom is -0.0675 e. The lowest BCUT2D eigenvalue weighted by Gasteiger charge is -2.28. The number of unbranched alkanes of at least 4 members (excludes halogenated alkanes) is 1. The Labute approximate surface area is 150 Å². The Balaban J connectivity index is 2.06. The Morgan fingerprint density at radius 1 is 0.625 bits per heavy atom. The average molecular weight is 339 g/mol. The third-order valence-electron chi connectivity index (χ3n) is 5.85. The minimum atomic E-state index is -1.23. The summed E-state index contributed by atoms with van der Waals surface area (Å²) in [4.78, 5) is 0. The fourth-order valence-electron chi connectivity index (χ4n) is 3.78. The predicted molar refractivity (Wildman–Crippen MR) is 111 cm³/mol. The highest BCUT2D eigenvalue weighted by atomic mass is 28.3. The van der Waals surface area contributed by atoms with Gasteiger partial charge in [-0.1, -0.05) is 106 Å². The molecule has 0 fully saturated rings. The van der Waals surface area contributed by atoms with E-state index in [0.29, 0.717) is 0 Å². The summed E-state index contributed by atoms with van der Waals surface area (Å²) in [6.45, 7) is 9.40. The van der Waals surface area contributed by atoms with E-state index in [1.54, 1.807) is 5.19 Å². The summed E-state index contributed by atoms with van der Waals surface area (Å²) in [6, 6.07) is 22.9. The van der Waals surface area contributed by atoms with E-state index in [4.69, 9.17) is 0 Å². The maximum absolute atomic E-state index is 2.42. The molecule has 0 saturated heterocycles. The van der Waals surface area contributed by atoms with Gasteiger partial charge < -0.3 is 0 Å². The standard InChI is InChI=1S/C23H34Si/c1-5-9-10-20-11-13-21(14-12-20)19-22-15-17-23(18-16-22)24(6-2,7-3)8-4/h11-18H,5-10,19H2,1-4H3. The van der Waals surface area contributed by atoms with Gasteiger partial charge in [0, 0.05) is 0 Å². The molecule has 0 bridgehead atoms. The summed E-state index contributed by atoms with van der Waals surface area (Å²) in [7, 11) is -1.23. The largest absolute Gasteiger partial charge is 0.0859 e. The first-order valence-electron chi connectivity index (χ1n) is 9.84. The first-order chi connectivity index (χ1) is 11.7. The molecule has 24 heavy (non-hydrogen) atoms. The Bertz CT molecular complexity index is 583. The molecule has 0 unspecified atom stereocenters. The quantitative estimate of drug-likeness (QED) is 0.468. The molecule has 0 aromatic heterocycles. The number of hydrogen-bond donors (Lipinski definition) is 0. The van der Waals surface area contributed by atoms with E-state index in [2.05, 4.69) is 76.2 Å². The van der Waals surface area contributed by atoms with Crippen LogP contribution >= 0.6 is 0 Å². The van der Waals surface area contributed by atoms with Crippen LogP contribution in [-0.2, 0) is 12.8 Å². The van der Waals surface area contributed by atoms with Gasteiger partial charge in [-0.05, 0) is 36.0 Å². The smallest absolute Gasteiger partial charge is 0.0675 e. The van der Waals surface area contributed by atoms with Crippen molar-refractivity contribution in [1.82, 2.24) is 0 Å². The molecule has 0 N–H and O–H groups in total. The topological polar surface area (TPSA) is 0 Å². The van der Waals surface area contributed by atoms with Crippen LogP contribution in [0.4, 0.5) is 0 Å². The van der Waals surface area contributed by atoms with Gasteiger partial charge in [-0.25, -0.2) is 0 Å². The molecule has 2 aromatic rings. The van der Waals surface area contributed by atoms with Gasteiger partial charge in [0.1, 0.15) is 0 Å². The molecule has 0 heterocycles. The minimum absolute atomic E-state index is 1.05. The Morgan fingerprint density at radius 3 is 1.54 bits per heavy atom. The van der Waals surface area contributed by atoms with Gasteiger partial charge in [-0.15, -0.1) is 0 Å². The summed E-state index contributed by atoms with van der Waals surface area (Å²) in [5.41, 5.74) is 4.33. The lowest BCUT2D eigenvalue weighted by molar-refractivity contribution is 0.795. The van der Waals surface area contributed by atoms with Crippen molar-refractivity contribution in [2.24, 2.45) is 0 Å². The molecule has 1 heteroatoms. The molecule has 0 nitrogen and oxygen atoms in total. The molecule has 0 atom stereocenters. The van der Waals surface area contributed by atoms with Gasteiger partial charge in [0.25, 0.3) is 0 Å². The van der Waals surface area contributed by atoms with E-state index in [1.807, 2.05) is 0 Å². The van der Waals surface area contributed by atoms with Crippen molar-refractivity contribution >= 4 is 13.3 Å². The third-order valence-corrected chi connectivity index (χ3v) is 11.5. The highest BCUT2D eigenvalue weighted by Crippen LogP contribution is 2.21. The first-order valence-corrected chi connectivity index (χ1v) is 12.5. The lowest BCUT2D eigenvalue weighted by Crippen LogP contribution is -2.45. The van der Waals surface area contributed by atoms with Crippen LogP contribution < -0.4 is 5.19 Å². The van der Waals surface area contributed by atoms with Crippen LogP contribution in [0.2, 0.25) is 18.1 Å². The van der Waals surface area contributed by atoms with Crippen LogP contribution in [-0.4, -0.2) is 8.07 Å².